The molecule has 2 N–H and O–H groups in total. The minimum atomic E-state index is -0.526. The first-order valence-electron chi connectivity index (χ1n) is 5.95. The van der Waals surface area contributed by atoms with Crippen molar-refractivity contribution in [1.82, 2.24) is 0 Å². The van der Waals surface area contributed by atoms with Crippen molar-refractivity contribution < 1.29 is 9.53 Å². The Balaban J connectivity index is 2.11. The summed E-state index contributed by atoms with van der Waals surface area (Å²) in [4.78, 5) is 12.0. The molecule has 0 amide bonds. The van der Waals surface area contributed by atoms with E-state index < -0.39 is 5.97 Å². The minimum Gasteiger partial charge on any atom is -0.457 e. The molecule has 2 aromatic carbocycles. The Morgan fingerprint density at radius 1 is 1.20 bits per heavy atom. The van der Waals surface area contributed by atoms with Crippen LogP contribution < -0.4 is 5.73 Å². The number of para-hydroxylation sites is 1. The maximum atomic E-state index is 12.0. The zero-order valence-electron chi connectivity index (χ0n) is 10.8. The zero-order chi connectivity index (χ0) is 14.7. The Hall–Kier alpha value is -1.71. The quantitative estimate of drug-likeness (QED) is 0.681. The molecule has 0 saturated heterocycles. The average Bonchev–Trinajstić information content (AvgIpc) is 2.40. The fourth-order valence-corrected chi connectivity index (χ4v) is 2.17. The van der Waals surface area contributed by atoms with Gasteiger partial charge in [-0.3, -0.25) is 0 Å². The summed E-state index contributed by atoms with van der Waals surface area (Å²) in [5, 5.41) is 0.893. The van der Waals surface area contributed by atoms with Gasteiger partial charge in [0.05, 0.1) is 16.3 Å². The predicted octanol–water partition coefficient (Wildman–Crippen LogP) is 4.24. The van der Waals surface area contributed by atoms with E-state index >= 15 is 0 Å². The number of ether oxygens (including phenoxy) is 1. The monoisotopic (exact) mass is 309 g/mol. The molecule has 0 aliphatic carbocycles. The van der Waals surface area contributed by atoms with Gasteiger partial charge in [-0.2, -0.15) is 0 Å². The van der Waals surface area contributed by atoms with Crippen LogP contribution in [0.25, 0.3) is 0 Å². The molecule has 0 fully saturated rings. The second kappa shape index (κ2) is 6.16. The Bertz CT molecular complexity index is 656. The summed E-state index contributed by atoms with van der Waals surface area (Å²) in [6.45, 7) is 2.03. The van der Waals surface area contributed by atoms with E-state index in [0.29, 0.717) is 10.0 Å². The summed E-state index contributed by atoms with van der Waals surface area (Å²) in [7, 11) is 0. The largest absolute Gasteiger partial charge is 0.457 e. The van der Waals surface area contributed by atoms with Gasteiger partial charge in [0.1, 0.15) is 6.61 Å². The molecule has 0 heterocycles. The number of nitrogen functional groups attached to an aromatic ring is 1. The van der Waals surface area contributed by atoms with Crippen molar-refractivity contribution in [2.75, 3.05) is 5.73 Å². The highest BCUT2D eigenvalue weighted by molar-refractivity contribution is 6.33. The predicted molar refractivity (Wildman–Crippen MR) is 81.2 cm³/mol. The summed E-state index contributed by atoms with van der Waals surface area (Å²) >= 11 is 11.9. The molecule has 2 aromatic rings. The van der Waals surface area contributed by atoms with Crippen LogP contribution in [0.4, 0.5) is 5.69 Å². The topological polar surface area (TPSA) is 52.3 Å². The summed E-state index contributed by atoms with van der Waals surface area (Å²) < 4.78 is 5.21. The minimum absolute atomic E-state index is 0.0872. The van der Waals surface area contributed by atoms with Crippen molar-refractivity contribution in [1.29, 1.82) is 0 Å². The van der Waals surface area contributed by atoms with Gasteiger partial charge in [-0.05, 0) is 30.7 Å². The van der Waals surface area contributed by atoms with Gasteiger partial charge < -0.3 is 10.5 Å². The number of nitrogens with two attached hydrogens (primary N) is 1. The number of rotatable bonds is 3. The van der Waals surface area contributed by atoms with Crippen LogP contribution in [0.2, 0.25) is 10.0 Å². The van der Waals surface area contributed by atoms with Crippen LogP contribution in [0.5, 0.6) is 0 Å². The van der Waals surface area contributed by atoms with E-state index in [0.717, 1.165) is 11.1 Å². The van der Waals surface area contributed by atoms with Crippen molar-refractivity contribution in [3.05, 3.63) is 63.1 Å². The number of anilines is 1. The summed E-state index contributed by atoms with van der Waals surface area (Å²) in [5.74, 6) is -0.526. The van der Waals surface area contributed by atoms with Crippen molar-refractivity contribution in [2.45, 2.75) is 13.5 Å². The second-order valence-electron chi connectivity index (χ2n) is 4.37. The number of carbonyl (C=O) groups excluding carboxylic acids is 1. The molecule has 3 nitrogen and oxygen atoms in total. The maximum absolute atomic E-state index is 12.0. The molecular weight excluding hydrogens is 297 g/mol. The molecule has 0 saturated carbocycles. The molecular formula is C15H13Cl2NO2. The van der Waals surface area contributed by atoms with Crippen molar-refractivity contribution in [2.24, 2.45) is 0 Å². The molecule has 0 spiro atoms. The summed E-state index contributed by atoms with van der Waals surface area (Å²) in [6, 6.07) is 10.4. The second-order valence-corrected chi connectivity index (χ2v) is 5.19. The van der Waals surface area contributed by atoms with Gasteiger partial charge in [0, 0.05) is 10.6 Å². The lowest BCUT2D eigenvalue weighted by Gasteiger charge is -2.09. The Kier molecular flexibility index (Phi) is 4.53. The van der Waals surface area contributed by atoms with Crippen molar-refractivity contribution in [3.8, 4) is 0 Å². The van der Waals surface area contributed by atoms with E-state index in [1.807, 2.05) is 25.1 Å². The Morgan fingerprint density at radius 2 is 1.95 bits per heavy atom. The van der Waals surface area contributed by atoms with E-state index in [-0.39, 0.29) is 17.9 Å². The summed E-state index contributed by atoms with van der Waals surface area (Å²) in [6.07, 6.45) is 0. The molecule has 0 atom stereocenters. The third kappa shape index (κ3) is 3.24. The number of benzene rings is 2. The highest BCUT2D eigenvalue weighted by atomic mass is 35.5. The number of hydrogen-bond donors (Lipinski definition) is 1. The van der Waals surface area contributed by atoms with Crippen LogP contribution in [0.3, 0.4) is 0 Å². The van der Waals surface area contributed by atoms with Gasteiger partial charge in [-0.25, -0.2) is 4.79 Å². The first-order chi connectivity index (χ1) is 9.49. The van der Waals surface area contributed by atoms with Crippen LogP contribution >= 0.6 is 23.2 Å². The smallest absolute Gasteiger partial charge is 0.340 e. The highest BCUT2D eigenvalue weighted by Gasteiger charge is 2.13. The average molecular weight is 310 g/mol. The van der Waals surface area contributed by atoms with Gasteiger partial charge in [0.2, 0.25) is 0 Å². The number of aryl methyl sites for hydroxylation is 1. The fraction of sp³-hybridized carbons (Fsp3) is 0.133. The van der Waals surface area contributed by atoms with Crippen LogP contribution in [0.1, 0.15) is 21.5 Å². The van der Waals surface area contributed by atoms with Crippen LogP contribution in [-0.2, 0) is 11.3 Å². The lowest BCUT2D eigenvalue weighted by Crippen LogP contribution is -2.08. The molecule has 20 heavy (non-hydrogen) atoms. The first-order valence-corrected chi connectivity index (χ1v) is 6.71. The molecule has 2 rings (SSSR count). The fourth-order valence-electron chi connectivity index (χ4n) is 1.71. The van der Waals surface area contributed by atoms with E-state index in [2.05, 4.69) is 0 Å². The molecule has 5 heteroatoms. The van der Waals surface area contributed by atoms with Crippen LogP contribution in [0.15, 0.2) is 36.4 Å². The summed E-state index contributed by atoms with van der Waals surface area (Å²) in [5.41, 5.74) is 8.00. The molecule has 0 unspecified atom stereocenters. The highest BCUT2D eigenvalue weighted by Crippen LogP contribution is 2.24. The zero-order valence-corrected chi connectivity index (χ0v) is 12.3. The molecule has 104 valence electrons. The molecule has 0 aromatic heterocycles. The Morgan fingerprint density at radius 3 is 2.65 bits per heavy atom. The van der Waals surface area contributed by atoms with Crippen molar-refractivity contribution in [3.63, 3.8) is 0 Å². The number of halogens is 2. The lowest BCUT2D eigenvalue weighted by molar-refractivity contribution is 0.0474. The van der Waals surface area contributed by atoms with Crippen molar-refractivity contribution >= 4 is 34.9 Å². The third-order valence-corrected chi connectivity index (χ3v) is 3.52. The van der Waals surface area contributed by atoms with E-state index in [4.69, 9.17) is 33.7 Å². The Labute approximate surface area is 127 Å². The molecule has 0 aliphatic rings. The van der Waals surface area contributed by atoms with Gasteiger partial charge in [-0.15, -0.1) is 0 Å². The van der Waals surface area contributed by atoms with Gasteiger partial charge in [0.15, 0.2) is 0 Å². The van der Waals surface area contributed by atoms with E-state index in [1.54, 1.807) is 18.2 Å². The SMILES string of the molecule is Cc1ccc(COC(=O)c2cccc(Cl)c2N)c(Cl)c1. The molecule has 0 bridgehead atoms. The first kappa shape index (κ1) is 14.7. The molecule has 0 radical (unpaired) electrons. The number of hydrogen-bond acceptors (Lipinski definition) is 3. The third-order valence-electron chi connectivity index (χ3n) is 2.84. The van der Waals surface area contributed by atoms with E-state index in [1.165, 1.54) is 0 Å². The van der Waals surface area contributed by atoms with Gasteiger partial charge in [-0.1, -0.05) is 41.4 Å². The maximum Gasteiger partial charge on any atom is 0.340 e. The van der Waals surface area contributed by atoms with Gasteiger partial charge >= 0.3 is 5.97 Å². The lowest BCUT2D eigenvalue weighted by atomic mass is 10.1. The van der Waals surface area contributed by atoms with E-state index in [9.17, 15) is 4.79 Å². The number of esters is 1. The number of carbonyl (C=O) groups is 1. The van der Waals surface area contributed by atoms with Gasteiger partial charge in [0.25, 0.3) is 0 Å². The van der Waals surface area contributed by atoms with Crippen LogP contribution in [0, 0.1) is 6.92 Å². The van der Waals surface area contributed by atoms with Crippen LogP contribution in [-0.4, -0.2) is 5.97 Å². The molecule has 0 aliphatic heterocycles. The standard InChI is InChI=1S/C15H13Cl2NO2/c1-9-5-6-10(13(17)7-9)8-20-15(19)11-3-2-4-12(16)14(11)18/h2-7H,8,18H2,1H3. The normalized spacial score (nSPS) is 10.3.